The Morgan fingerprint density at radius 2 is 1.76 bits per heavy atom. The number of nitrogens with zero attached hydrogens (tertiary/aromatic N) is 1. The van der Waals surface area contributed by atoms with E-state index in [0.29, 0.717) is 29.5 Å². The molecule has 2 aromatic carbocycles. The van der Waals surface area contributed by atoms with Crippen LogP contribution in [0.1, 0.15) is 56.0 Å². The first-order valence-electron chi connectivity index (χ1n) is 12.1. The number of fused-ring (bicyclic) bond motifs is 3. The number of nitrogens with one attached hydrogen (secondary N) is 1. The predicted molar refractivity (Wildman–Crippen MR) is 134 cm³/mol. The van der Waals surface area contributed by atoms with Gasteiger partial charge in [0.05, 0.1) is 16.7 Å². The molecule has 2 unspecified atom stereocenters. The maximum Gasteiger partial charge on any atom is 0.416 e. The molecule has 2 bridgehead atoms. The second kappa shape index (κ2) is 8.54. The molecule has 2 saturated carbocycles. The predicted octanol–water partition coefficient (Wildman–Crippen LogP) is 6.18. The zero-order valence-electron chi connectivity index (χ0n) is 20.9. The number of carbonyl (C=O) groups excluding carboxylic acids is 2. The normalized spacial score (nSPS) is 25.1. The Morgan fingerprint density at radius 3 is 2.50 bits per heavy atom. The second-order valence-corrected chi connectivity index (χ2v) is 10.7. The molecule has 2 fully saturated rings. The molecular weight excluding hydrogens is 501 g/mol. The van der Waals surface area contributed by atoms with E-state index >= 15 is 0 Å². The van der Waals surface area contributed by atoms with Crippen LogP contribution in [0.3, 0.4) is 0 Å². The van der Waals surface area contributed by atoms with Gasteiger partial charge in [0.2, 0.25) is 5.91 Å². The molecule has 38 heavy (non-hydrogen) atoms. The van der Waals surface area contributed by atoms with Crippen LogP contribution in [0.4, 0.5) is 18.9 Å². The molecule has 0 spiro atoms. The molecule has 2 aliphatic rings. The van der Waals surface area contributed by atoms with Gasteiger partial charge in [-0.2, -0.15) is 13.2 Å². The molecule has 3 aromatic rings. The van der Waals surface area contributed by atoms with Crippen LogP contribution in [-0.4, -0.2) is 17.6 Å². The minimum absolute atomic E-state index is 0.0449. The van der Waals surface area contributed by atoms with E-state index in [1.165, 1.54) is 18.2 Å². The number of rotatable bonds is 4. The summed E-state index contributed by atoms with van der Waals surface area (Å²) in [5, 5.41) is 7.32. The molecule has 5 rings (SSSR count). The Bertz CT molecular complexity index is 1560. The number of hydrogen-bond donors (Lipinski definition) is 1. The molecule has 198 valence electrons. The third-order valence-electron chi connectivity index (χ3n) is 8.72. The van der Waals surface area contributed by atoms with Crippen molar-refractivity contribution in [1.29, 1.82) is 0 Å². The fraction of sp³-hybridized carbons (Fsp3) is 0.357. The summed E-state index contributed by atoms with van der Waals surface area (Å²) in [4.78, 5) is 43.8. The maximum atomic E-state index is 13.6. The van der Waals surface area contributed by atoms with Gasteiger partial charge in [-0.15, -0.1) is 0 Å². The molecule has 1 aromatic heterocycles. The summed E-state index contributed by atoms with van der Waals surface area (Å²) in [6.45, 7) is 5.75. The average Bonchev–Trinajstić information content (AvgIpc) is 3.17. The Morgan fingerprint density at radius 1 is 1.03 bits per heavy atom. The zero-order valence-corrected chi connectivity index (χ0v) is 20.9. The van der Waals surface area contributed by atoms with E-state index in [0.717, 1.165) is 12.1 Å². The first-order chi connectivity index (χ1) is 17.8. The van der Waals surface area contributed by atoms with Gasteiger partial charge < -0.3 is 14.6 Å². The number of carbonyl (C=O) groups is 2. The standard InChI is InChI=1S/C28H25F3N2O5/c1-25(2)26(3)11-12-27(25,24(36)32-18-9-6-8-17(14-18)28(29,30)31)15-21(26)33-38-23(35)19-13-16-7-4-5-10-20(16)37-22(19)34/h4-10,13-14H,11-12,15H2,1-3H3,(H,32,36)/b33-21+. The van der Waals surface area contributed by atoms with Crippen molar-refractivity contribution in [2.45, 2.75) is 46.2 Å². The van der Waals surface area contributed by atoms with Gasteiger partial charge in [0.15, 0.2) is 0 Å². The first-order valence-corrected chi connectivity index (χ1v) is 12.1. The Balaban J connectivity index is 1.41. The largest absolute Gasteiger partial charge is 0.422 e. The number of anilines is 1. The molecule has 0 saturated heterocycles. The summed E-state index contributed by atoms with van der Waals surface area (Å²) in [7, 11) is 0. The van der Waals surface area contributed by atoms with Crippen LogP contribution in [0.15, 0.2) is 69.0 Å². The highest BCUT2D eigenvalue weighted by Crippen LogP contribution is 2.71. The number of hydrogen-bond acceptors (Lipinski definition) is 6. The molecule has 1 N–H and O–H groups in total. The minimum Gasteiger partial charge on any atom is -0.422 e. The molecule has 7 nitrogen and oxygen atoms in total. The quantitative estimate of drug-likeness (QED) is 0.249. The summed E-state index contributed by atoms with van der Waals surface area (Å²) in [6, 6.07) is 12.6. The lowest BCUT2D eigenvalue weighted by atomic mass is 9.64. The van der Waals surface area contributed by atoms with Crippen LogP contribution in [0, 0.1) is 16.2 Å². The van der Waals surface area contributed by atoms with Gasteiger partial charge in [-0.1, -0.05) is 50.2 Å². The maximum absolute atomic E-state index is 13.6. The summed E-state index contributed by atoms with van der Waals surface area (Å²) in [5.41, 5.74) is -3.43. The van der Waals surface area contributed by atoms with E-state index in [2.05, 4.69) is 10.5 Å². The SMILES string of the molecule is CC12CCC(C(=O)Nc3cccc(C(F)(F)F)c3)(C/C1=N\OC(=O)c1cc3ccccc3oc1=O)C2(C)C. The minimum atomic E-state index is -4.54. The lowest BCUT2D eigenvalue weighted by molar-refractivity contribution is -0.137. The molecule has 10 heteroatoms. The van der Waals surface area contributed by atoms with E-state index < -0.39 is 45.5 Å². The van der Waals surface area contributed by atoms with Crippen molar-refractivity contribution in [2.24, 2.45) is 21.4 Å². The van der Waals surface area contributed by atoms with Crippen LogP contribution in [-0.2, 0) is 15.8 Å². The summed E-state index contributed by atoms with van der Waals surface area (Å²) < 4.78 is 44.7. The lowest BCUT2D eigenvalue weighted by Crippen LogP contribution is -2.43. The molecule has 1 heterocycles. The molecule has 0 aliphatic heterocycles. The van der Waals surface area contributed by atoms with E-state index in [1.54, 1.807) is 24.3 Å². The average molecular weight is 527 g/mol. The number of amides is 1. The number of para-hydroxylation sites is 1. The number of alkyl halides is 3. The zero-order chi connectivity index (χ0) is 27.5. The van der Waals surface area contributed by atoms with Crippen LogP contribution >= 0.6 is 0 Å². The lowest BCUT2D eigenvalue weighted by Gasteiger charge is -2.39. The van der Waals surface area contributed by atoms with Crippen molar-refractivity contribution < 1.29 is 32.0 Å². The molecule has 1 amide bonds. The topological polar surface area (TPSA) is 98.0 Å². The van der Waals surface area contributed by atoms with Gasteiger partial charge in [-0.3, -0.25) is 4.79 Å². The molecule has 2 atom stereocenters. The molecule has 2 aliphatic carbocycles. The fourth-order valence-corrected chi connectivity index (χ4v) is 5.90. The number of halogens is 3. The first kappa shape index (κ1) is 25.7. The fourth-order valence-electron chi connectivity index (χ4n) is 5.90. The van der Waals surface area contributed by atoms with Crippen molar-refractivity contribution in [3.8, 4) is 0 Å². The van der Waals surface area contributed by atoms with Gasteiger partial charge in [0, 0.05) is 22.9 Å². The highest BCUT2D eigenvalue weighted by atomic mass is 19.4. The van der Waals surface area contributed by atoms with Crippen molar-refractivity contribution >= 4 is 34.2 Å². The van der Waals surface area contributed by atoms with Crippen molar-refractivity contribution in [1.82, 2.24) is 0 Å². The van der Waals surface area contributed by atoms with Gasteiger partial charge in [-0.05, 0) is 48.6 Å². The Labute approximate surface area is 215 Å². The van der Waals surface area contributed by atoms with Gasteiger partial charge in [0.25, 0.3) is 0 Å². The highest BCUT2D eigenvalue weighted by molar-refractivity contribution is 6.06. The van der Waals surface area contributed by atoms with E-state index in [-0.39, 0.29) is 17.7 Å². The van der Waals surface area contributed by atoms with Crippen molar-refractivity contribution in [3.05, 3.63) is 76.1 Å². The number of benzene rings is 2. The van der Waals surface area contributed by atoms with Crippen LogP contribution in [0.5, 0.6) is 0 Å². The van der Waals surface area contributed by atoms with Crippen LogP contribution in [0.25, 0.3) is 11.0 Å². The summed E-state index contributed by atoms with van der Waals surface area (Å²) in [6.07, 6.45) is -3.34. The molecular formula is C28H25F3N2O5. The number of oxime groups is 1. The van der Waals surface area contributed by atoms with Gasteiger partial charge in [-0.25, -0.2) is 9.59 Å². The van der Waals surface area contributed by atoms with Crippen molar-refractivity contribution in [2.75, 3.05) is 5.32 Å². The monoisotopic (exact) mass is 526 g/mol. The second-order valence-electron chi connectivity index (χ2n) is 10.7. The third-order valence-corrected chi connectivity index (χ3v) is 8.72. The Hall–Kier alpha value is -3.95. The summed E-state index contributed by atoms with van der Waals surface area (Å²) >= 11 is 0. The van der Waals surface area contributed by atoms with Crippen LogP contribution < -0.4 is 10.9 Å². The smallest absolute Gasteiger partial charge is 0.416 e. The molecule has 0 radical (unpaired) electrons. The van der Waals surface area contributed by atoms with Crippen LogP contribution in [0.2, 0.25) is 0 Å². The van der Waals surface area contributed by atoms with Gasteiger partial charge >= 0.3 is 17.8 Å². The van der Waals surface area contributed by atoms with Gasteiger partial charge in [0.1, 0.15) is 11.1 Å². The van der Waals surface area contributed by atoms with E-state index in [1.807, 2.05) is 20.8 Å². The summed E-state index contributed by atoms with van der Waals surface area (Å²) in [5.74, 6) is -1.40. The van der Waals surface area contributed by atoms with Crippen molar-refractivity contribution in [3.63, 3.8) is 0 Å². The van der Waals surface area contributed by atoms with E-state index in [9.17, 15) is 27.6 Å². The third kappa shape index (κ3) is 3.81. The van der Waals surface area contributed by atoms with E-state index in [4.69, 9.17) is 9.25 Å². The Kier molecular flexibility index (Phi) is 5.77. The highest BCUT2D eigenvalue weighted by Gasteiger charge is 2.71.